The van der Waals surface area contributed by atoms with Crippen LogP contribution in [0.2, 0.25) is 0 Å². The van der Waals surface area contributed by atoms with E-state index < -0.39 is 30.0 Å². The highest BCUT2D eigenvalue weighted by atomic mass is 19.3. The Morgan fingerprint density at radius 1 is 1.07 bits per heavy atom. The predicted octanol–water partition coefficient (Wildman–Crippen LogP) is 3.97. The first-order valence-electron chi connectivity index (χ1n) is 18.9. The molecule has 2 atom stereocenters. The van der Waals surface area contributed by atoms with Gasteiger partial charge < -0.3 is 10.2 Å². The molecule has 56 heavy (non-hydrogen) atoms. The minimum absolute atomic E-state index is 0.0614. The van der Waals surface area contributed by atoms with Crippen LogP contribution in [0.4, 0.5) is 20.2 Å². The Balaban J connectivity index is 0.903. The predicted molar refractivity (Wildman–Crippen MR) is 200 cm³/mol. The molecule has 0 radical (unpaired) electrons. The molecule has 2 saturated heterocycles. The molecular weight excluding hydrogens is 726 g/mol. The van der Waals surface area contributed by atoms with Gasteiger partial charge in [0.05, 0.1) is 40.7 Å². The van der Waals surface area contributed by atoms with Gasteiger partial charge in [-0.2, -0.15) is 15.5 Å². The van der Waals surface area contributed by atoms with Gasteiger partial charge >= 0.3 is 5.69 Å². The number of halogens is 2. The maximum absolute atomic E-state index is 14.1. The van der Waals surface area contributed by atoms with E-state index in [1.807, 2.05) is 25.2 Å². The SMILES string of the molecule is CN(C1CCN(c2cccc3c2n(C)c(=O)n3C2CCC(=O)NC2=O)CC1)[C@@H](C#N)C1CCC(n2cc(NC(=O)c3cnn4cccnc34)c(C(F)F)n2)CC1. The van der Waals surface area contributed by atoms with Gasteiger partial charge in [-0.3, -0.25) is 38.4 Å². The van der Waals surface area contributed by atoms with Crippen LogP contribution in [0.1, 0.15) is 85.9 Å². The number of aromatic nitrogens is 7. The van der Waals surface area contributed by atoms with E-state index in [9.17, 15) is 33.2 Å². The molecule has 2 aliphatic heterocycles. The number of piperidine rings is 2. The summed E-state index contributed by atoms with van der Waals surface area (Å²) in [5.41, 5.74) is 1.86. The second-order valence-electron chi connectivity index (χ2n) is 15.0. The van der Waals surface area contributed by atoms with Crippen LogP contribution in [0.3, 0.4) is 0 Å². The lowest BCUT2D eigenvalue weighted by Crippen LogP contribution is -2.49. The average Bonchev–Trinajstić information content (AvgIpc) is 3.90. The summed E-state index contributed by atoms with van der Waals surface area (Å²) in [4.78, 5) is 59.6. The van der Waals surface area contributed by atoms with Gasteiger partial charge in [0.15, 0.2) is 11.3 Å². The first kappa shape index (κ1) is 37.0. The molecule has 2 N–H and O–H groups in total. The van der Waals surface area contributed by atoms with E-state index in [0.29, 0.717) is 49.9 Å². The minimum Gasteiger partial charge on any atom is -0.370 e. The fraction of sp³-hybridized carbons (Fsp3) is 0.474. The smallest absolute Gasteiger partial charge is 0.329 e. The van der Waals surface area contributed by atoms with E-state index in [4.69, 9.17) is 0 Å². The summed E-state index contributed by atoms with van der Waals surface area (Å²) in [5.74, 6) is -1.33. The minimum atomic E-state index is -2.90. The second kappa shape index (κ2) is 14.9. The molecule has 6 heterocycles. The van der Waals surface area contributed by atoms with Crippen molar-refractivity contribution in [3.05, 3.63) is 70.8 Å². The van der Waals surface area contributed by atoms with E-state index in [1.54, 1.807) is 23.9 Å². The van der Waals surface area contributed by atoms with Gasteiger partial charge in [0.1, 0.15) is 17.6 Å². The number of para-hydroxylation sites is 1. The third-order valence-electron chi connectivity index (χ3n) is 11.9. The number of imide groups is 1. The zero-order valence-corrected chi connectivity index (χ0v) is 31.0. The van der Waals surface area contributed by atoms with Gasteiger partial charge in [0, 0.05) is 51.2 Å². The van der Waals surface area contributed by atoms with Crippen molar-refractivity contribution >= 4 is 45.8 Å². The number of aryl methyl sites for hydroxylation is 1. The Hall–Kier alpha value is -5.96. The molecule has 0 spiro atoms. The van der Waals surface area contributed by atoms with Crippen LogP contribution in [0.5, 0.6) is 0 Å². The zero-order valence-electron chi connectivity index (χ0n) is 31.0. The molecule has 16 nitrogen and oxygen atoms in total. The van der Waals surface area contributed by atoms with Crippen molar-refractivity contribution in [1.82, 2.24) is 43.7 Å². The number of imidazole rings is 1. The Bertz CT molecular complexity index is 2410. The van der Waals surface area contributed by atoms with Crippen LogP contribution in [0.15, 0.2) is 53.8 Å². The number of nitrogens with zero attached hydrogens (tertiary/aromatic N) is 10. The Morgan fingerprint density at radius 2 is 1.84 bits per heavy atom. The standard InChI is InChI=1S/C38H42F2N12O4/c1-47(23-13-17-49(18-14-23)27-5-3-6-28-33(27)48(2)38(56)52(28)29-11-12-31(53)45-37(29)55)30(19-41)22-7-9-24(10-8-22)51-21-26(32(46-51)34(39)40)44-36(54)25-20-43-50-16-4-15-42-35(25)50/h3-6,15-16,20-24,29-30,34H,7-14,17-18H2,1-2H3,(H,44,54)(H,45,53,55)/t22?,24?,29?,30-/m0/s1. The van der Waals surface area contributed by atoms with E-state index in [2.05, 4.69) is 41.7 Å². The van der Waals surface area contributed by atoms with Gasteiger partial charge in [-0.25, -0.2) is 23.1 Å². The number of fused-ring (bicyclic) bond motifs is 2. The molecule has 8 rings (SSSR count). The van der Waals surface area contributed by atoms with Crippen molar-refractivity contribution in [2.45, 2.75) is 82.0 Å². The van der Waals surface area contributed by atoms with Crippen LogP contribution in [-0.2, 0) is 16.6 Å². The fourth-order valence-corrected chi connectivity index (χ4v) is 8.88. The van der Waals surface area contributed by atoms with Gasteiger partial charge in [-0.05, 0) is 76.1 Å². The van der Waals surface area contributed by atoms with Crippen molar-refractivity contribution in [2.24, 2.45) is 13.0 Å². The average molecular weight is 769 g/mol. The summed E-state index contributed by atoms with van der Waals surface area (Å²) < 4.78 is 34.3. The maximum Gasteiger partial charge on any atom is 0.329 e. The van der Waals surface area contributed by atoms with E-state index in [1.165, 1.54) is 32.4 Å². The van der Waals surface area contributed by atoms with Crippen molar-refractivity contribution in [3.8, 4) is 6.07 Å². The van der Waals surface area contributed by atoms with Gasteiger partial charge in [0.2, 0.25) is 11.8 Å². The number of nitrogens with one attached hydrogen (secondary N) is 2. The van der Waals surface area contributed by atoms with Crippen LogP contribution in [-0.4, -0.2) is 88.4 Å². The quantitative estimate of drug-likeness (QED) is 0.209. The highest BCUT2D eigenvalue weighted by Gasteiger charge is 2.37. The van der Waals surface area contributed by atoms with Crippen LogP contribution in [0, 0.1) is 17.2 Å². The largest absolute Gasteiger partial charge is 0.370 e. The third kappa shape index (κ3) is 6.59. The molecule has 3 amide bonds. The van der Waals surface area contributed by atoms with Crippen molar-refractivity contribution in [1.29, 1.82) is 5.26 Å². The molecule has 1 aromatic carbocycles. The number of carbonyl (C=O) groups excluding carboxylic acids is 3. The summed E-state index contributed by atoms with van der Waals surface area (Å²) in [6.07, 6.45) is 7.82. The molecule has 1 unspecified atom stereocenters. The number of carbonyl (C=O) groups is 3. The normalized spacial score (nSPS) is 21.5. The summed E-state index contributed by atoms with van der Waals surface area (Å²) in [6, 6.07) is 8.82. The number of anilines is 2. The number of benzene rings is 1. The number of alkyl halides is 2. The number of hydrogen-bond acceptors (Lipinski definition) is 10. The van der Waals surface area contributed by atoms with Crippen LogP contribution >= 0.6 is 0 Å². The lowest BCUT2D eigenvalue weighted by Gasteiger charge is -2.42. The lowest BCUT2D eigenvalue weighted by atomic mass is 9.81. The molecule has 5 aromatic rings. The van der Waals surface area contributed by atoms with Gasteiger partial charge in [-0.15, -0.1) is 0 Å². The monoisotopic (exact) mass is 768 g/mol. The Labute approximate surface area is 319 Å². The molecule has 292 valence electrons. The first-order valence-corrected chi connectivity index (χ1v) is 18.9. The fourth-order valence-electron chi connectivity index (χ4n) is 8.88. The lowest BCUT2D eigenvalue weighted by molar-refractivity contribution is -0.135. The molecule has 1 aliphatic carbocycles. The molecule has 3 fully saturated rings. The maximum atomic E-state index is 14.1. The molecule has 18 heteroatoms. The van der Waals surface area contributed by atoms with Gasteiger partial charge in [-0.1, -0.05) is 6.07 Å². The van der Waals surface area contributed by atoms with Crippen molar-refractivity contribution < 1.29 is 23.2 Å². The molecule has 0 bridgehead atoms. The molecular formula is C38H42F2N12O4. The highest BCUT2D eigenvalue weighted by molar-refractivity contribution is 6.08. The number of nitriles is 1. The third-order valence-corrected chi connectivity index (χ3v) is 11.9. The van der Waals surface area contributed by atoms with E-state index in [-0.39, 0.29) is 59.7 Å². The van der Waals surface area contributed by atoms with Crippen LogP contribution < -0.4 is 21.2 Å². The summed E-state index contributed by atoms with van der Waals surface area (Å²) >= 11 is 0. The first-order chi connectivity index (χ1) is 27.0. The number of rotatable bonds is 9. The molecule has 3 aliphatic rings. The Morgan fingerprint density at radius 3 is 2.55 bits per heavy atom. The summed E-state index contributed by atoms with van der Waals surface area (Å²) in [6.45, 7) is 1.41. The van der Waals surface area contributed by atoms with Crippen LogP contribution in [0.25, 0.3) is 16.7 Å². The topological polar surface area (TPSA) is 180 Å². The highest BCUT2D eigenvalue weighted by Crippen LogP contribution is 2.38. The number of amides is 3. The molecule has 4 aromatic heterocycles. The Kier molecular flexibility index (Phi) is 9.87. The number of hydrogen-bond donors (Lipinski definition) is 2. The molecule has 1 saturated carbocycles. The van der Waals surface area contributed by atoms with Gasteiger partial charge in [0.25, 0.3) is 12.3 Å². The zero-order chi connectivity index (χ0) is 39.2. The van der Waals surface area contributed by atoms with Crippen molar-refractivity contribution in [3.63, 3.8) is 0 Å². The summed E-state index contributed by atoms with van der Waals surface area (Å²) in [5, 5.41) is 23.7. The van der Waals surface area contributed by atoms with Crippen molar-refractivity contribution in [2.75, 3.05) is 30.4 Å². The summed E-state index contributed by atoms with van der Waals surface area (Å²) in [7, 11) is 3.70. The van der Waals surface area contributed by atoms with E-state index >= 15 is 0 Å². The second-order valence-corrected chi connectivity index (χ2v) is 15.0. The van der Waals surface area contributed by atoms with E-state index in [0.717, 1.165) is 24.0 Å².